The Balaban J connectivity index is 2.28. The summed E-state index contributed by atoms with van der Waals surface area (Å²) >= 11 is 0. The Morgan fingerprint density at radius 2 is 1.75 bits per heavy atom. The second kappa shape index (κ2) is 8.57. The maximum atomic E-state index is 12.7. The minimum absolute atomic E-state index is 0.0698. The molecule has 0 atom stereocenters. The fraction of sp³-hybridized carbons (Fsp3) is 0.368. The summed E-state index contributed by atoms with van der Waals surface area (Å²) < 4.78 is 28.1. The molecule has 152 valence electrons. The molecule has 0 aliphatic heterocycles. The summed E-state index contributed by atoms with van der Waals surface area (Å²) in [6.07, 6.45) is 1.43. The molecule has 28 heavy (non-hydrogen) atoms. The third-order valence-electron chi connectivity index (χ3n) is 4.33. The highest BCUT2D eigenvalue weighted by Gasteiger charge is 2.25. The van der Waals surface area contributed by atoms with Crippen molar-refractivity contribution in [3.63, 3.8) is 0 Å². The van der Waals surface area contributed by atoms with E-state index in [1.807, 2.05) is 0 Å². The Hall–Kier alpha value is -2.65. The molecule has 2 aromatic rings. The van der Waals surface area contributed by atoms with Crippen molar-refractivity contribution in [2.24, 2.45) is 7.05 Å². The van der Waals surface area contributed by atoms with Crippen LogP contribution in [-0.2, 0) is 17.1 Å². The van der Waals surface area contributed by atoms with Crippen LogP contribution in [0.25, 0.3) is 0 Å². The molecule has 1 aromatic heterocycles. The summed E-state index contributed by atoms with van der Waals surface area (Å²) in [7, 11) is 1.26. The van der Waals surface area contributed by atoms with E-state index in [2.05, 4.69) is 5.32 Å². The lowest BCUT2D eigenvalue weighted by atomic mass is 10.2. The number of carbonyl (C=O) groups excluding carboxylic acids is 2. The van der Waals surface area contributed by atoms with E-state index < -0.39 is 15.9 Å². The first-order chi connectivity index (χ1) is 13.1. The molecule has 8 nitrogen and oxygen atoms in total. The summed E-state index contributed by atoms with van der Waals surface area (Å²) in [5, 5.41) is 2.72. The minimum atomic E-state index is -3.65. The van der Waals surface area contributed by atoms with Gasteiger partial charge in [-0.15, -0.1) is 0 Å². The zero-order chi connectivity index (χ0) is 21.1. The molecule has 0 radical (unpaired) electrons. The van der Waals surface area contributed by atoms with Crippen molar-refractivity contribution < 1.29 is 18.0 Å². The lowest BCUT2D eigenvalue weighted by molar-refractivity contribution is 0.0827. The van der Waals surface area contributed by atoms with Gasteiger partial charge in [-0.2, -0.15) is 4.31 Å². The molecular formula is C19H26N4O4S. The summed E-state index contributed by atoms with van der Waals surface area (Å²) in [5.41, 5.74) is 1.10. The Kier molecular flexibility index (Phi) is 6.63. The molecule has 0 bridgehead atoms. The van der Waals surface area contributed by atoms with E-state index in [0.29, 0.717) is 24.3 Å². The summed E-state index contributed by atoms with van der Waals surface area (Å²) in [4.78, 5) is 26.3. The van der Waals surface area contributed by atoms with Crippen molar-refractivity contribution in [1.29, 1.82) is 0 Å². The minimum Gasteiger partial charge on any atom is -0.345 e. The standard InChI is InChI=1S/C19H26N4O4S/c1-6-23(7-2)28(26,27)16-12-17(22(5)13-16)18(24)20-15-10-8-9-14(11-15)19(25)21(3)4/h8-13H,6-7H2,1-5H3,(H,20,24). The van der Waals surface area contributed by atoms with Crippen molar-refractivity contribution in [2.75, 3.05) is 32.5 Å². The highest BCUT2D eigenvalue weighted by Crippen LogP contribution is 2.20. The first kappa shape index (κ1) is 21.6. The average Bonchev–Trinajstić information content (AvgIpc) is 3.04. The second-order valence-corrected chi connectivity index (χ2v) is 8.43. The predicted octanol–water partition coefficient (Wildman–Crippen LogP) is 2.01. The van der Waals surface area contributed by atoms with Crippen LogP contribution < -0.4 is 5.32 Å². The molecule has 1 N–H and O–H groups in total. The van der Waals surface area contributed by atoms with Gasteiger partial charge in [0.25, 0.3) is 11.8 Å². The molecular weight excluding hydrogens is 380 g/mol. The zero-order valence-corrected chi connectivity index (χ0v) is 17.6. The third-order valence-corrected chi connectivity index (χ3v) is 6.34. The fourth-order valence-corrected chi connectivity index (χ4v) is 4.33. The first-order valence-corrected chi connectivity index (χ1v) is 10.3. The zero-order valence-electron chi connectivity index (χ0n) is 16.8. The number of sulfonamides is 1. The lowest BCUT2D eigenvalue weighted by Crippen LogP contribution is -2.30. The average molecular weight is 407 g/mol. The topological polar surface area (TPSA) is 91.7 Å². The smallest absolute Gasteiger partial charge is 0.272 e. The van der Waals surface area contributed by atoms with E-state index in [4.69, 9.17) is 0 Å². The third kappa shape index (κ3) is 4.42. The first-order valence-electron chi connectivity index (χ1n) is 8.91. The van der Waals surface area contributed by atoms with E-state index in [0.717, 1.165) is 0 Å². The van der Waals surface area contributed by atoms with Crippen molar-refractivity contribution in [3.05, 3.63) is 47.8 Å². The highest BCUT2D eigenvalue weighted by molar-refractivity contribution is 7.89. The van der Waals surface area contributed by atoms with Gasteiger partial charge in [-0.05, 0) is 24.3 Å². The number of nitrogens with one attached hydrogen (secondary N) is 1. The number of anilines is 1. The number of aromatic nitrogens is 1. The van der Waals surface area contributed by atoms with Crippen LogP contribution in [0.3, 0.4) is 0 Å². The van der Waals surface area contributed by atoms with Crippen LogP contribution in [0.2, 0.25) is 0 Å². The molecule has 0 aliphatic carbocycles. The number of hydrogen-bond donors (Lipinski definition) is 1. The molecule has 1 aromatic carbocycles. The van der Waals surface area contributed by atoms with Gasteiger partial charge in [0.1, 0.15) is 10.6 Å². The van der Waals surface area contributed by atoms with Gasteiger partial charge < -0.3 is 14.8 Å². The van der Waals surface area contributed by atoms with Gasteiger partial charge >= 0.3 is 0 Å². The number of amides is 2. The molecule has 0 fully saturated rings. The van der Waals surface area contributed by atoms with Crippen LogP contribution in [-0.4, -0.2) is 61.2 Å². The van der Waals surface area contributed by atoms with Crippen LogP contribution in [0.15, 0.2) is 41.4 Å². The van der Waals surface area contributed by atoms with Crippen LogP contribution in [0, 0.1) is 0 Å². The van der Waals surface area contributed by atoms with Crippen LogP contribution in [0.1, 0.15) is 34.7 Å². The van der Waals surface area contributed by atoms with Crippen molar-refractivity contribution in [2.45, 2.75) is 18.7 Å². The van der Waals surface area contributed by atoms with Gasteiger partial charge in [0.15, 0.2) is 0 Å². The Labute approximate surface area is 165 Å². The molecule has 0 aliphatic rings. The Morgan fingerprint density at radius 1 is 1.11 bits per heavy atom. The number of rotatable bonds is 7. The second-order valence-electron chi connectivity index (χ2n) is 6.50. The fourth-order valence-electron chi connectivity index (χ4n) is 2.80. The predicted molar refractivity (Wildman–Crippen MR) is 108 cm³/mol. The van der Waals surface area contributed by atoms with Crippen LogP contribution >= 0.6 is 0 Å². The molecule has 0 saturated heterocycles. The quantitative estimate of drug-likeness (QED) is 0.761. The number of benzene rings is 1. The summed E-state index contributed by atoms with van der Waals surface area (Å²) in [5.74, 6) is -0.638. The Morgan fingerprint density at radius 3 is 2.32 bits per heavy atom. The van der Waals surface area contributed by atoms with Gasteiger partial charge in [0, 0.05) is 51.7 Å². The van der Waals surface area contributed by atoms with Crippen molar-refractivity contribution in [1.82, 2.24) is 13.8 Å². The normalized spacial score (nSPS) is 11.5. The number of hydrogen-bond acceptors (Lipinski definition) is 4. The molecule has 2 amide bonds. The maximum absolute atomic E-state index is 12.7. The number of aryl methyl sites for hydroxylation is 1. The number of carbonyl (C=O) groups is 2. The Bertz CT molecular complexity index is 976. The van der Waals surface area contributed by atoms with Crippen molar-refractivity contribution in [3.8, 4) is 0 Å². The number of nitrogens with zero attached hydrogens (tertiary/aromatic N) is 3. The maximum Gasteiger partial charge on any atom is 0.272 e. The van der Waals surface area contributed by atoms with Crippen molar-refractivity contribution >= 4 is 27.5 Å². The SMILES string of the molecule is CCN(CC)S(=O)(=O)c1cc(C(=O)Nc2cccc(C(=O)N(C)C)c2)n(C)c1. The monoisotopic (exact) mass is 406 g/mol. The molecule has 0 spiro atoms. The molecule has 1 heterocycles. The summed E-state index contributed by atoms with van der Waals surface area (Å²) in [6, 6.07) is 7.94. The molecule has 9 heteroatoms. The van der Waals surface area contributed by atoms with Gasteiger partial charge in [0.05, 0.1) is 0 Å². The molecule has 0 unspecified atom stereocenters. The lowest BCUT2D eigenvalue weighted by Gasteiger charge is -2.17. The van der Waals surface area contributed by atoms with Gasteiger partial charge in [-0.1, -0.05) is 19.9 Å². The van der Waals surface area contributed by atoms with Crippen LogP contribution in [0.4, 0.5) is 5.69 Å². The van der Waals surface area contributed by atoms with Gasteiger partial charge in [0.2, 0.25) is 10.0 Å². The summed E-state index contributed by atoms with van der Waals surface area (Å²) in [6.45, 7) is 4.23. The van der Waals surface area contributed by atoms with E-state index in [9.17, 15) is 18.0 Å². The van der Waals surface area contributed by atoms with E-state index >= 15 is 0 Å². The molecule has 2 rings (SSSR count). The highest BCUT2D eigenvalue weighted by atomic mass is 32.2. The van der Waals surface area contributed by atoms with Gasteiger partial charge in [-0.3, -0.25) is 9.59 Å². The molecule has 0 saturated carbocycles. The van der Waals surface area contributed by atoms with E-state index in [1.165, 1.54) is 26.0 Å². The van der Waals surface area contributed by atoms with Gasteiger partial charge in [-0.25, -0.2) is 8.42 Å². The van der Waals surface area contributed by atoms with E-state index in [-0.39, 0.29) is 16.5 Å². The van der Waals surface area contributed by atoms with Crippen LogP contribution in [0.5, 0.6) is 0 Å². The van der Waals surface area contributed by atoms with E-state index in [1.54, 1.807) is 59.3 Å². The largest absolute Gasteiger partial charge is 0.345 e.